The Morgan fingerprint density at radius 3 is 2.22 bits per heavy atom. The Kier molecular flexibility index (Phi) is 3.92. The Balaban J connectivity index is 2.04. The van der Waals surface area contributed by atoms with Gasteiger partial charge in [0.25, 0.3) is 0 Å². The highest BCUT2D eigenvalue weighted by atomic mass is 16.5. The minimum Gasteiger partial charge on any atom is -0.457 e. The molecular weight excluding hydrogens is 224 g/mol. The average Bonchev–Trinajstić information content (AvgIpc) is 2.42. The van der Waals surface area contributed by atoms with Crippen LogP contribution in [0.15, 0.2) is 67.3 Å². The van der Waals surface area contributed by atoms with Gasteiger partial charge in [-0.15, -0.1) is 0 Å². The van der Waals surface area contributed by atoms with Gasteiger partial charge in [-0.2, -0.15) is 0 Å². The molecule has 18 heavy (non-hydrogen) atoms. The minimum absolute atomic E-state index is 0.0201. The average molecular weight is 238 g/mol. The molecule has 2 heteroatoms. The van der Waals surface area contributed by atoms with E-state index in [0.29, 0.717) is 6.42 Å². The molecule has 0 unspecified atom stereocenters. The van der Waals surface area contributed by atoms with Gasteiger partial charge in [0.2, 0.25) is 0 Å². The lowest BCUT2D eigenvalue weighted by molar-refractivity contribution is -0.114. The summed E-state index contributed by atoms with van der Waals surface area (Å²) in [6, 6.07) is 17.1. The lowest BCUT2D eigenvalue weighted by Crippen LogP contribution is -1.97. The quantitative estimate of drug-likeness (QED) is 0.741. The zero-order valence-corrected chi connectivity index (χ0v) is 10.0. The first-order valence-electron chi connectivity index (χ1n) is 5.75. The summed E-state index contributed by atoms with van der Waals surface area (Å²) in [5, 5.41) is 0. The molecule has 0 aliphatic heterocycles. The van der Waals surface area contributed by atoms with E-state index in [4.69, 9.17) is 4.74 Å². The minimum atomic E-state index is 0.0201. The molecule has 0 aromatic heterocycles. The molecule has 0 aliphatic carbocycles. The molecule has 0 atom stereocenters. The molecule has 0 bridgehead atoms. The number of hydrogen-bond acceptors (Lipinski definition) is 2. The van der Waals surface area contributed by atoms with Crippen molar-refractivity contribution in [1.82, 2.24) is 0 Å². The van der Waals surface area contributed by atoms with Gasteiger partial charge in [-0.05, 0) is 35.9 Å². The van der Waals surface area contributed by atoms with Crippen molar-refractivity contribution in [3.8, 4) is 11.5 Å². The van der Waals surface area contributed by atoms with Crippen LogP contribution in [-0.2, 0) is 11.2 Å². The Bertz CT molecular complexity index is 527. The van der Waals surface area contributed by atoms with Crippen LogP contribution in [0.5, 0.6) is 11.5 Å². The van der Waals surface area contributed by atoms with Crippen molar-refractivity contribution in [2.75, 3.05) is 0 Å². The van der Waals surface area contributed by atoms with Crippen LogP contribution in [0, 0.1) is 0 Å². The Labute approximate surface area is 107 Å². The second-order valence-electron chi connectivity index (χ2n) is 3.91. The van der Waals surface area contributed by atoms with Crippen LogP contribution in [0.3, 0.4) is 0 Å². The molecule has 0 N–H and O–H groups in total. The predicted octanol–water partition coefficient (Wildman–Crippen LogP) is 3.78. The third-order valence-corrected chi connectivity index (χ3v) is 2.51. The lowest BCUT2D eigenvalue weighted by Gasteiger charge is -2.06. The van der Waals surface area contributed by atoms with Crippen LogP contribution in [0.2, 0.25) is 0 Å². The van der Waals surface area contributed by atoms with Crippen LogP contribution in [0.25, 0.3) is 0 Å². The van der Waals surface area contributed by atoms with Gasteiger partial charge in [-0.25, -0.2) is 0 Å². The molecule has 2 aromatic rings. The maximum absolute atomic E-state index is 11.2. The molecule has 0 saturated heterocycles. The van der Waals surface area contributed by atoms with Crippen molar-refractivity contribution >= 4 is 5.78 Å². The molecule has 0 radical (unpaired) electrons. The summed E-state index contributed by atoms with van der Waals surface area (Å²) < 4.78 is 5.66. The second kappa shape index (κ2) is 5.82. The number of para-hydroxylation sites is 1. The molecule has 0 aliphatic rings. The first kappa shape index (κ1) is 12.1. The largest absolute Gasteiger partial charge is 0.457 e. The van der Waals surface area contributed by atoms with Gasteiger partial charge in [0.15, 0.2) is 5.78 Å². The summed E-state index contributed by atoms with van der Waals surface area (Å²) in [5.41, 5.74) is 0.959. The Hall–Kier alpha value is -2.35. The number of ether oxygens (including phenoxy) is 1. The maximum Gasteiger partial charge on any atom is 0.159 e. The summed E-state index contributed by atoms with van der Waals surface area (Å²) in [6.45, 7) is 3.46. The van der Waals surface area contributed by atoms with E-state index >= 15 is 0 Å². The normalized spacial score (nSPS) is 9.78. The van der Waals surface area contributed by atoms with Gasteiger partial charge in [-0.3, -0.25) is 4.79 Å². The van der Waals surface area contributed by atoms with Crippen LogP contribution in [-0.4, -0.2) is 5.78 Å². The zero-order chi connectivity index (χ0) is 12.8. The van der Waals surface area contributed by atoms with Crippen molar-refractivity contribution in [3.63, 3.8) is 0 Å². The fourth-order valence-corrected chi connectivity index (χ4v) is 1.57. The molecule has 2 nitrogen and oxygen atoms in total. The summed E-state index contributed by atoms with van der Waals surface area (Å²) in [4.78, 5) is 11.2. The number of hydrogen-bond donors (Lipinski definition) is 0. The third kappa shape index (κ3) is 3.32. The van der Waals surface area contributed by atoms with Crippen molar-refractivity contribution in [2.45, 2.75) is 6.42 Å². The number of ketones is 1. The number of allylic oxidation sites excluding steroid dienone is 1. The summed E-state index contributed by atoms with van der Waals surface area (Å²) >= 11 is 0. The van der Waals surface area contributed by atoms with E-state index < -0.39 is 0 Å². The van der Waals surface area contributed by atoms with Gasteiger partial charge in [0, 0.05) is 6.42 Å². The van der Waals surface area contributed by atoms with E-state index in [1.54, 1.807) is 0 Å². The monoisotopic (exact) mass is 238 g/mol. The predicted molar refractivity (Wildman–Crippen MR) is 71.9 cm³/mol. The van der Waals surface area contributed by atoms with E-state index in [1.165, 1.54) is 6.08 Å². The smallest absolute Gasteiger partial charge is 0.159 e. The standard InChI is InChI=1S/C16H14O2/c1-2-14(17)12-13-8-10-16(11-9-13)18-15-6-4-3-5-7-15/h2-11H,1,12H2. The lowest BCUT2D eigenvalue weighted by atomic mass is 10.1. The fourth-order valence-electron chi connectivity index (χ4n) is 1.57. The fraction of sp³-hybridized carbons (Fsp3) is 0.0625. The highest BCUT2D eigenvalue weighted by Gasteiger charge is 2.00. The molecule has 0 spiro atoms. The Morgan fingerprint density at radius 2 is 1.61 bits per heavy atom. The van der Waals surface area contributed by atoms with Gasteiger partial charge < -0.3 is 4.74 Å². The first-order chi connectivity index (χ1) is 8.78. The van der Waals surface area contributed by atoms with E-state index in [0.717, 1.165) is 17.1 Å². The molecule has 90 valence electrons. The molecule has 2 rings (SSSR count). The van der Waals surface area contributed by atoms with E-state index in [1.807, 2.05) is 54.6 Å². The van der Waals surface area contributed by atoms with Crippen LogP contribution < -0.4 is 4.74 Å². The third-order valence-electron chi connectivity index (χ3n) is 2.51. The van der Waals surface area contributed by atoms with Crippen molar-refractivity contribution < 1.29 is 9.53 Å². The van der Waals surface area contributed by atoms with Gasteiger partial charge in [0.1, 0.15) is 11.5 Å². The van der Waals surface area contributed by atoms with E-state index in [9.17, 15) is 4.79 Å². The van der Waals surface area contributed by atoms with Crippen LogP contribution in [0.1, 0.15) is 5.56 Å². The van der Waals surface area contributed by atoms with E-state index in [-0.39, 0.29) is 5.78 Å². The van der Waals surface area contributed by atoms with Crippen LogP contribution in [0.4, 0.5) is 0 Å². The second-order valence-corrected chi connectivity index (χ2v) is 3.91. The number of rotatable bonds is 5. The molecule has 0 heterocycles. The molecular formula is C16H14O2. The van der Waals surface area contributed by atoms with Crippen LogP contribution >= 0.6 is 0 Å². The molecule has 0 saturated carbocycles. The van der Waals surface area contributed by atoms with Gasteiger partial charge in [0.05, 0.1) is 0 Å². The van der Waals surface area contributed by atoms with Crippen molar-refractivity contribution in [1.29, 1.82) is 0 Å². The Morgan fingerprint density at radius 1 is 1.00 bits per heavy atom. The maximum atomic E-state index is 11.2. The zero-order valence-electron chi connectivity index (χ0n) is 10.0. The highest BCUT2D eigenvalue weighted by Crippen LogP contribution is 2.21. The summed E-state index contributed by atoms with van der Waals surface area (Å²) in [6.07, 6.45) is 1.73. The SMILES string of the molecule is C=CC(=O)Cc1ccc(Oc2ccccc2)cc1. The topological polar surface area (TPSA) is 26.3 Å². The number of benzene rings is 2. The first-order valence-corrected chi connectivity index (χ1v) is 5.75. The molecule has 2 aromatic carbocycles. The van der Waals surface area contributed by atoms with Crippen molar-refractivity contribution in [2.24, 2.45) is 0 Å². The highest BCUT2D eigenvalue weighted by molar-refractivity contribution is 5.90. The number of carbonyl (C=O) groups excluding carboxylic acids is 1. The van der Waals surface area contributed by atoms with Gasteiger partial charge >= 0.3 is 0 Å². The van der Waals surface area contributed by atoms with Gasteiger partial charge in [-0.1, -0.05) is 36.9 Å². The molecule has 0 fully saturated rings. The van der Waals surface area contributed by atoms with E-state index in [2.05, 4.69) is 6.58 Å². The summed E-state index contributed by atoms with van der Waals surface area (Å²) in [5.74, 6) is 1.58. The summed E-state index contributed by atoms with van der Waals surface area (Å²) in [7, 11) is 0. The van der Waals surface area contributed by atoms with Crippen molar-refractivity contribution in [3.05, 3.63) is 72.8 Å². The molecule has 0 amide bonds. The number of carbonyl (C=O) groups is 1.